The van der Waals surface area contributed by atoms with Crippen molar-refractivity contribution in [1.29, 1.82) is 0 Å². The molecule has 0 aromatic rings. The van der Waals surface area contributed by atoms with Crippen LogP contribution < -0.4 is 0 Å². The van der Waals surface area contributed by atoms with Crippen LogP contribution in [0.2, 0.25) is 0 Å². The van der Waals surface area contributed by atoms with E-state index in [1.54, 1.807) is 0 Å². The van der Waals surface area contributed by atoms with Gasteiger partial charge in [0, 0.05) is 12.8 Å². The molecule has 0 fully saturated rings. The lowest BCUT2D eigenvalue weighted by Crippen LogP contribution is -2.21. The molecule has 3 heteroatoms. The van der Waals surface area contributed by atoms with Crippen molar-refractivity contribution in [1.82, 2.24) is 0 Å². The Morgan fingerprint density at radius 2 is 1.87 bits per heavy atom. The third-order valence-electron chi connectivity index (χ3n) is 2.03. The number of carbonyl (C=O) groups is 1. The fourth-order valence-corrected chi connectivity index (χ4v) is 1.19. The zero-order valence-corrected chi connectivity index (χ0v) is 10.3. The van der Waals surface area contributed by atoms with Gasteiger partial charge in [-0.3, -0.25) is 4.79 Å². The van der Waals surface area contributed by atoms with E-state index in [9.17, 15) is 4.79 Å². The summed E-state index contributed by atoms with van der Waals surface area (Å²) in [7, 11) is 0. The van der Waals surface area contributed by atoms with Crippen LogP contribution in [-0.4, -0.2) is 18.9 Å². The van der Waals surface area contributed by atoms with Crippen LogP contribution in [0.4, 0.5) is 0 Å². The Hall–Kier alpha value is -0.570. The van der Waals surface area contributed by atoms with Crippen molar-refractivity contribution in [3.8, 4) is 0 Å². The van der Waals surface area contributed by atoms with Gasteiger partial charge in [0.15, 0.2) is 0 Å². The summed E-state index contributed by atoms with van der Waals surface area (Å²) in [4.78, 5) is 11.3. The van der Waals surface area contributed by atoms with Crippen LogP contribution in [0.3, 0.4) is 0 Å². The Bertz CT molecular complexity index is 157. The standard InChI is InChI=1S/C12H24O3/c1-4-7-9-11(13)15-12(8-5-2)14-10-6-3/h12H,4-10H2,1-3H3. The van der Waals surface area contributed by atoms with Crippen molar-refractivity contribution in [2.45, 2.75) is 65.6 Å². The Kier molecular flexibility index (Phi) is 9.59. The van der Waals surface area contributed by atoms with Gasteiger partial charge >= 0.3 is 5.97 Å². The molecule has 0 rings (SSSR count). The molecule has 0 saturated heterocycles. The normalized spacial score (nSPS) is 12.5. The summed E-state index contributed by atoms with van der Waals surface area (Å²) in [5, 5.41) is 0. The SMILES string of the molecule is CCCCC(=O)OC(CCC)OCCC. The van der Waals surface area contributed by atoms with E-state index in [0.29, 0.717) is 13.0 Å². The number of hydrogen-bond acceptors (Lipinski definition) is 3. The molecule has 0 N–H and O–H groups in total. The summed E-state index contributed by atoms with van der Waals surface area (Å²) in [5.74, 6) is -0.133. The van der Waals surface area contributed by atoms with E-state index in [2.05, 4.69) is 13.8 Å². The van der Waals surface area contributed by atoms with Crippen LogP contribution in [0, 0.1) is 0 Å². The third kappa shape index (κ3) is 8.43. The highest BCUT2D eigenvalue weighted by atomic mass is 16.7. The van der Waals surface area contributed by atoms with Gasteiger partial charge < -0.3 is 9.47 Å². The number of ether oxygens (including phenoxy) is 2. The molecule has 0 aliphatic rings. The molecule has 0 amide bonds. The fourth-order valence-electron chi connectivity index (χ4n) is 1.19. The van der Waals surface area contributed by atoms with Crippen molar-refractivity contribution in [2.24, 2.45) is 0 Å². The number of hydrogen-bond donors (Lipinski definition) is 0. The summed E-state index contributed by atoms with van der Waals surface area (Å²) in [6, 6.07) is 0. The van der Waals surface area contributed by atoms with Gasteiger partial charge in [-0.15, -0.1) is 0 Å². The Labute approximate surface area is 93.1 Å². The Morgan fingerprint density at radius 1 is 1.13 bits per heavy atom. The van der Waals surface area contributed by atoms with Crippen molar-refractivity contribution < 1.29 is 14.3 Å². The highest BCUT2D eigenvalue weighted by Crippen LogP contribution is 2.07. The van der Waals surface area contributed by atoms with Gasteiger partial charge in [-0.25, -0.2) is 0 Å². The second kappa shape index (κ2) is 9.97. The van der Waals surface area contributed by atoms with Gasteiger partial charge in [-0.2, -0.15) is 0 Å². The molecule has 0 aliphatic carbocycles. The summed E-state index contributed by atoms with van der Waals surface area (Å²) in [6.45, 7) is 6.82. The molecule has 15 heavy (non-hydrogen) atoms. The van der Waals surface area contributed by atoms with Gasteiger partial charge in [-0.05, 0) is 12.8 Å². The van der Waals surface area contributed by atoms with Gasteiger partial charge in [0.05, 0.1) is 6.61 Å². The molecule has 90 valence electrons. The van der Waals surface area contributed by atoms with Crippen LogP contribution in [-0.2, 0) is 14.3 Å². The third-order valence-corrected chi connectivity index (χ3v) is 2.03. The minimum atomic E-state index is -0.334. The predicted octanol–water partition coefficient (Wildman–Crippen LogP) is 3.27. The maximum absolute atomic E-state index is 11.3. The summed E-state index contributed by atoms with van der Waals surface area (Å²) in [5.41, 5.74) is 0. The van der Waals surface area contributed by atoms with Crippen LogP contribution in [0.1, 0.15) is 59.3 Å². The molecule has 0 radical (unpaired) electrons. The van der Waals surface area contributed by atoms with Crippen LogP contribution in [0.5, 0.6) is 0 Å². The highest BCUT2D eigenvalue weighted by Gasteiger charge is 2.12. The lowest BCUT2D eigenvalue weighted by molar-refractivity contribution is -0.180. The average Bonchev–Trinajstić information content (AvgIpc) is 2.23. The summed E-state index contributed by atoms with van der Waals surface area (Å²) < 4.78 is 10.7. The van der Waals surface area contributed by atoms with Crippen molar-refractivity contribution >= 4 is 5.97 Å². The molecule has 0 saturated carbocycles. The Morgan fingerprint density at radius 3 is 2.40 bits per heavy atom. The van der Waals surface area contributed by atoms with Crippen molar-refractivity contribution in [3.63, 3.8) is 0 Å². The summed E-state index contributed by atoms with van der Waals surface area (Å²) >= 11 is 0. The number of esters is 1. The second-order valence-corrected chi connectivity index (χ2v) is 3.68. The molecular weight excluding hydrogens is 192 g/mol. The molecule has 3 nitrogen and oxygen atoms in total. The van der Waals surface area contributed by atoms with Crippen LogP contribution in [0.15, 0.2) is 0 Å². The van der Waals surface area contributed by atoms with E-state index in [1.165, 1.54) is 0 Å². The van der Waals surface area contributed by atoms with Crippen molar-refractivity contribution in [2.75, 3.05) is 6.61 Å². The molecule has 0 aromatic carbocycles. The monoisotopic (exact) mass is 216 g/mol. The molecule has 1 unspecified atom stereocenters. The second-order valence-electron chi connectivity index (χ2n) is 3.68. The fraction of sp³-hybridized carbons (Fsp3) is 0.917. The summed E-state index contributed by atoms with van der Waals surface area (Å²) in [6.07, 6.45) is 4.79. The first-order chi connectivity index (χ1) is 7.24. The van der Waals surface area contributed by atoms with Gasteiger partial charge in [0.1, 0.15) is 0 Å². The lowest BCUT2D eigenvalue weighted by atomic mass is 10.2. The maximum Gasteiger partial charge on any atom is 0.308 e. The lowest BCUT2D eigenvalue weighted by Gasteiger charge is -2.17. The molecule has 0 bridgehead atoms. The average molecular weight is 216 g/mol. The number of carbonyl (C=O) groups excluding carboxylic acids is 1. The highest BCUT2D eigenvalue weighted by molar-refractivity contribution is 5.69. The smallest absolute Gasteiger partial charge is 0.308 e. The van der Waals surface area contributed by atoms with E-state index in [1.807, 2.05) is 6.92 Å². The molecule has 0 heterocycles. The van der Waals surface area contributed by atoms with Crippen molar-refractivity contribution in [3.05, 3.63) is 0 Å². The van der Waals surface area contributed by atoms with Gasteiger partial charge in [-0.1, -0.05) is 33.6 Å². The van der Waals surface area contributed by atoms with E-state index in [0.717, 1.165) is 32.1 Å². The van der Waals surface area contributed by atoms with Gasteiger partial charge in [0.25, 0.3) is 0 Å². The molecule has 1 atom stereocenters. The minimum absolute atomic E-state index is 0.133. The zero-order chi connectivity index (χ0) is 11.5. The van der Waals surface area contributed by atoms with E-state index >= 15 is 0 Å². The Balaban J connectivity index is 3.76. The first-order valence-corrected chi connectivity index (χ1v) is 6.05. The largest absolute Gasteiger partial charge is 0.436 e. The topological polar surface area (TPSA) is 35.5 Å². The first-order valence-electron chi connectivity index (χ1n) is 6.05. The van der Waals surface area contributed by atoms with Crippen LogP contribution >= 0.6 is 0 Å². The number of unbranched alkanes of at least 4 members (excludes halogenated alkanes) is 1. The quantitative estimate of drug-likeness (QED) is 0.438. The molecular formula is C12H24O3. The van der Waals surface area contributed by atoms with E-state index < -0.39 is 0 Å². The molecule has 0 spiro atoms. The first kappa shape index (κ1) is 14.4. The minimum Gasteiger partial charge on any atom is -0.436 e. The molecule has 0 aromatic heterocycles. The maximum atomic E-state index is 11.3. The predicted molar refractivity (Wildman–Crippen MR) is 60.6 cm³/mol. The van der Waals surface area contributed by atoms with Gasteiger partial charge in [0.2, 0.25) is 6.29 Å². The van der Waals surface area contributed by atoms with Crippen LogP contribution in [0.25, 0.3) is 0 Å². The molecule has 0 aliphatic heterocycles. The van der Waals surface area contributed by atoms with E-state index in [-0.39, 0.29) is 12.3 Å². The number of rotatable bonds is 9. The van der Waals surface area contributed by atoms with E-state index in [4.69, 9.17) is 9.47 Å². The zero-order valence-electron chi connectivity index (χ0n) is 10.3.